The van der Waals surface area contributed by atoms with Gasteiger partial charge in [0.1, 0.15) is 0 Å². The number of nitrogens with one attached hydrogen (secondary N) is 2. The average Bonchev–Trinajstić information content (AvgIpc) is 2.69. The number of carbonyl (C=O) groups excluding carboxylic acids is 1. The second kappa shape index (κ2) is 10.9. The molecule has 1 fully saturated rings. The van der Waals surface area contributed by atoms with Crippen molar-refractivity contribution in [3.05, 3.63) is 35.4 Å². The maximum Gasteiger partial charge on any atom is 0.220 e. The second-order valence-corrected chi connectivity index (χ2v) is 7.52. The molecule has 1 amide bonds. The van der Waals surface area contributed by atoms with Gasteiger partial charge >= 0.3 is 0 Å². The highest BCUT2D eigenvalue weighted by atomic mass is 127. The number of likely N-dealkylation sites (tertiary alicyclic amines) is 1. The molecule has 2 aliphatic rings. The Kier molecular flexibility index (Phi) is 8.86. The fourth-order valence-electron chi connectivity index (χ4n) is 4.33. The summed E-state index contributed by atoms with van der Waals surface area (Å²) >= 11 is 0. The third-order valence-corrected chi connectivity index (χ3v) is 5.88. The van der Waals surface area contributed by atoms with Crippen LogP contribution in [0.4, 0.5) is 0 Å². The van der Waals surface area contributed by atoms with Crippen LogP contribution in [0.15, 0.2) is 29.3 Å². The lowest BCUT2D eigenvalue weighted by molar-refractivity contribution is -0.121. The second-order valence-electron chi connectivity index (χ2n) is 7.52. The van der Waals surface area contributed by atoms with Crippen LogP contribution in [0.1, 0.15) is 49.1 Å². The molecule has 2 N–H and O–H groups in total. The molecule has 0 saturated carbocycles. The molecule has 3 rings (SSSR count). The molecule has 0 radical (unpaired) electrons. The summed E-state index contributed by atoms with van der Waals surface area (Å²) in [7, 11) is 3.58. The number of aliphatic imine (C=N–C) groups is 1. The van der Waals surface area contributed by atoms with Crippen LogP contribution in [0.2, 0.25) is 0 Å². The predicted octanol–water partition coefficient (Wildman–Crippen LogP) is 3.15. The minimum atomic E-state index is 0. The van der Waals surface area contributed by atoms with Crippen LogP contribution < -0.4 is 10.6 Å². The number of piperidine rings is 1. The minimum absolute atomic E-state index is 0. The highest BCUT2D eigenvalue weighted by molar-refractivity contribution is 14.0. The Hall–Kier alpha value is -1.31. The largest absolute Gasteiger partial charge is 0.359 e. The zero-order valence-corrected chi connectivity index (χ0v) is 18.9. The molecule has 1 saturated heterocycles. The molecule has 1 aliphatic heterocycles. The Labute approximate surface area is 180 Å². The summed E-state index contributed by atoms with van der Waals surface area (Å²) in [6, 6.07) is 8.86. The third kappa shape index (κ3) is 5.83. The number of amides is 1. The van der Waals surface area contributed by atoms with Crippen molar-refractivity contribution in [2.45, 2.75) is 44.4 Å². The van der Waals surface area contributed by atoms with Crippen molar-refractivity contribution in [2.75, 3.05) is 33.7 Å². The molecule has 5 nitrogen and oxygen atoms in total. The van der Waals surface area contributed by atoms with E-state index in [0.29, 0.717) is 18.3 Å². The first-order valence-electron chi connectivity index (χ1n) is 9.95. The summed E-state index contributed by atoms with van der Waals surface area (Å²) < 4.78 is 0. The molecular formula is C21H33IN4O. The van der Waals surface area contributed by atoms with Crippen molar-refractivity contribution in [2.24, 2.45) is 10.9 Å². The summed E-state index contributed by atoms with van der Waals surface area (Å²) in [5.74, 6) is 2.23. The van der Waals surface area contributed by atoms with E-state index >= 15 is 0 Å². The maximum atomic E-state index is 11.6. The topological polar surface area (TPSA) is 56.7 Å². The molecule has 150 valence electrons. The number of guanidine groups is 1. The number of fused-ring (bicyclic) bond motifs is 1. The van der Waals surface area contributed by atoms with Gasteiger partial charge in [-0.3, -0.25) is 9.79 Å². The van der Waals surface area contributed by atoms with Crippen LogP contribution in [0, 0.1) is 5.92 Å². The van der Waals surface area contributed by atoms with Crippen LogP contribution >= 0.6 is 24.0 Å². The first kappa shape index (κ1) is 22.0. The van der Waals surface area contributed by atoms with Gasteiger partial charge in [0.25, 0.3) is 0 Å². The SMILES string of the molecule is CN=C(NCC1CCCc2ccccc21)N1CCC(CC(=O)NC)CC1.I. The van der Waals surface area contributed by atoms with Crippen LogP contribution in [0.5, 0.6) is 0 Å². The van der Waals surface area contributed by atoms with Crippen LogP contribution in [0.3, 0.4) is 0 Å². The molecule has 0 spiro atoms. The van der Waals surface area contributed by atoms with Crippen LogP contribution in [0.25, 0.3) is 0 Å². The van der Waals surface area contributed by atoms with Gasteiger partial charge < -0.3 is 15.5 Å². The number of nitrogens with zero attached hydrogens (tertiary/aromatic N) is 2. The molecule has 1 aromatic rings. The Morgan fingerprint density at radius 1 is 1.22 bits per heavy atom. The smallest absolute Gasteiger partial charge is 0.220 e. The van der Waals surface area contributed by atoms with Gasteiger partial charge in [-0.05, 0) is 49.1 Å². The molecule has 1 aromatic carbocycles. The third-order valence-electron chi connectivity index (χ3n) is 5.88. The fraction of sp³-hybridized carbons (Fsp3) is 0.619. The Bertz CT molecular complexity index is 641. The molecule has 1 unspecified atom stereocenters. The molecular weight excluding hydrogens is 451 g/mol. The van der Waals surface area contributed by atoms with Crippen molar-refractivity contribution < 1.29 is 4.79 Å². The highest BCUT2D eigenvalue weighted by Gasteiger charge is 2.24. The number of hydrogen-bond acceptors (Lipinski definition) is 2. The van der Waals surface area contributed by atoms with Gasteiger partial charge in [0.2, 0.25) is 5.91 Å². The van der Waals surface area contributed by atoms with Gasteiger partial charge in [-0.15, -0.1) is 24.0 Å². The van der Waals surface area contributed by atoms with Gasteiger partial charge in [0.05, 0.1) is 0 Å². The van der Waals surface area contributed by atoms with Gasteiger partial charge in [0, 0.05) is 46.1 Å². The number of carbonyl (C=O) groups is 1. The zero-order chi connectivity index (χ0) is 18.4. The lowest BCUT2D eigenvalue weighted by Crippen LogP contribution is -2.47. The Morgan fingerprint density at radius 3 is 2.67 bits per heavy atom. The van der Waals surface area contributed by atoms with E-state index in [2.05, 4.69) is 44.8 Å². The van der Waals surface area contributed by atoms with Gasteiger partial charge in [-0.2, -0.15) is 0 Å². The van der Waals surface area contributed by atoms with Crippen molar-refractivity contribution >= 4 is 35.8 Å². The number of halogens is 1. The van der Waals surface area contributed by atoms with Crippen molar-refractivity contribution in [3.8, 4) is 0 Å². The Balaban J connectivity index is 0.00000261. The van der Waals surface area contributed by atoms with E-state index in [1.54, 1.807) is 7.05 Å². The van der Waals surface area contributed by atoms with E-state index in [0.717, 1.165) is 38.4 Å². The monoisotopic (exact) mass is 484 g/mol. The maximum absolute atomic E-state index is 11.6. The first-order valence-corrected chi connectivity index (χ1v) is 9.95. The minimum Gasteiger partial charge on any atom is -0.359 e. The van der Waals surface area contributed by atoms with E-state index in [1.165, 1.54) is 30.4 Å². The van der Waals surface area contributed by atoms with Gasteiger partial charge in [-0.1, -0.05) is 24.3 Å². The van der Waals surface area contributed by atoms with Gasteiger partial charge in [0.15, 0.2) is 5.96 Å². The molecule has 6 heteroatoms. The lowest BCUT2D eigenvalue weighted by Gasteiger charge is -2.35. The quantitative estimate of drug-likeness (QED) is 0.392. The van der Waals surface area contributed by atoms with Crippen LogP contribution in [-0.4, -0.2) is 50.5 Å². The summed E-state index contributed by atoms with van der Waals surface area (Å²) in [4.78, 5) is 18.4. The fourth-order valence-corrected chi connectivity index (χ4v) is 4.33. The van der Waals surface area contributed by atoms with Crippen molar-refractivity contribution in [1.29, 1.82) is 0 Å². The normalized spacial score (nSPS) is 20.4. The number of rotatable bonds is 4. The summed E-state index contributed by atoms with van der Waals surface area (Å²) in [5.41, 5.74) is 3.02. The summed E-state index contributed by atoms with van der Waals surface area (Å²) in [6.07, 6.45) is 6.48. The van der Waals surface area contributed by atoms with E-state index in [4.69, 9.17) is 0 Å². The summed E-state index contributed by atoms with van der Waals surface area (Å²) in [5, 5.41) is 6.35. The van der Waals surface area contributed by atoms with E-state index in [9.17, 15) is 4.79 Å². The van der Waals surface area contributed by atoms with Crippen LogP contribution in [-0.2, 0) is 11.2 Å². The predicted molar refractivity (Wildman–Crippen MR) is 122 cm³/mol. The molecule has 1 heterocycles. The molecule has 1 aliphatic carbocycles. The molecule has 27 heavy (non-hydrogen) atoms. The molecule has 0 bridgehead atoms. The van der Waals surface area contributed by atoms with E-state index < -0.39 is 0 Å². The first-order chi connectivity index (χ1) is 12.7. The van der Waals surface area contributed by atoms with E-state index in [-0.39, 0.29) is 29.9 Å². The zero-order valence-electron chi connectivity index (χ0n) is 16.5. The number of aryl methyl sites for hydroxylation is 1. The van der Waals surface area contributed by atoms with Gasteiger partial charge in [-0.25, -0.2) is 0 Å². The van der Waals surface area contributed by atoms with Crippen molar-refractivity contribution in [3.63, 3.8) is 0 Å². The Morgan fingerprint density at radius 2 is 1.96 bits per heavy atom. The number of hydrogen-bond donors (Lipinski definition) is 2. The van der Waals surface area contributed by atoms with Crippen molar-refractivity contribution in [1.82, 2.24) is 15.5 Å². The molecule has 1 atom stereocenters. The standard InChI is InChI=1S/C21H32N4O.HI/c1-22-20(26)14-16-10-12-25(13-11-16)21(23-2)24-15-18-8-5-7-17-6-3-4-9-19(17)18;/h3-4,6,9,16,18H,5,7-8,10-15H2,1-2H3,(H,22,26)(H,23,24);1H. The number of benzene rings is 1. The highest BCUT2D eigenvalue weighted by Crippen LogP contribution is 2.31. The summed E-state index contributed by atoms with van der Waals surface area (Å²) in [6.45, 7) is 2.90. The van der Waals surface area contributed by atoms with E-state index in [1.807, 2.05) is 7.05 Å². The average molecular weight is 484 g/mol. The lowest BCUT2D eigenvalue weighted by atomic mass is 9.83. The molecule has 0 aromatic heterocycles.